The van der Waals surface area contributed by atoms with Crippen LogP contribution in [-0.4, -0.2) is 30.7 Å². The standard InChI is InChI=1S/C23H27N3O3/c1-28-16-12-19-22(20(13-16)29-11-10-24)21-17(23(25)27)8-5-9-18(21)26(19)14-15-6-3-2-4-7-15/h2-4,6-7,12-13,17H,5,8-11,14,24H2,1H3,(H2,25,27). The summed E-state index contributed by atoms with van der Waals surface area (Å²) in [6, 6.07) is 14.2. The molecule has 3 aromatic rings. The van der Waals surface area contributed by atoms with Crippen molar-refractivity contribution in [2.75, 3.05) is 20.3 Å². The van der Waals surface area contributed by atoms with Gasteiger partial charge in [0.05, 0.1) is 18.5 Å². The quantitative estimate of drug-likeness (QED) is 0.645. The van der Waals surface area contributed by atoms with E-state index in [1.807, 2.05) is 30.3 Å². The minimum absolute atomic E-state index is 0.287. The first kappa shape index (κ1) is 19.3. The van der Waals surface area contributed by atoms with Crippen molar-refractivity contribution in [1.29, 1.82) is 0 Å². The van der Waals surface area contributed by atoms with Gasteiger partial charge in [0, 0.05) is 36.3 Å². The number of methoxy groups -OCH3 is 1. The van der Waals surface area contributed by atoms with E-state index in [4.69, 9.17) is 20.9 Å². The molecule has 1 aromatic heterocycles. The van der Waals surface area contributed by atoms with Gasteiger partial charge in [-0.05, 0) is 30.4 Å². The zero-order valence-corrected chi connectivity index (χ0v) is 16.7. The average molecular weight is 393 g/mol. The number of amides is 1. The molecular formula is C23H27N3O3. The molecule has 2 aromatic carbocycles. The van der Waals surface area contributed by atoms with Gasteiger partial charge >= 0.3 is 0 Å². The third-order valence-corrected chi connectivity index (χ3v) is 5.64. The van der Waals surface area contributed by atoms with Gasteiger partial charge in [0.1, 0.15) is 18.1 Å². The van der Waals surface area contributed by atoms with Crippen LogP contribution in [0.4, 0.5) is 0 Å². The Morgan fingerprint density at radius 1 is 1.24 bits per heavy atom. The predicted molar refractivity (Wildman–Crippen MR) is 113 cm³/mol. The lowest BCUT2D eigenvalue weighted by Gasteiger charge is -2.22. The second-order valence-electron chi connectivity index (χ2n) is 7.44. The highest BCUT2D eigenvalue weighted by atomic mass is 16.5. The fourth-order valence-electron chi connectivity index (χ4n) is 4.39. The summed E-state index contributed by atoms with van der Waals surface area (Å²) >= 11 is 0. The lowest BCUT2D eigenvalue weighted by atomic mass is 9.84. The minimum atomic E-state index is -0.313. The molecule has 29 heavy (non-hydrogen) atoms. The SMILES string of the molecule is COc1cc(OCCN)c2c3c(n(Cc4ccccc4)c2c1)CCCC3C(N)=O. The molecule has 0 spiro atoms. The highest BCUT2D eigenvalue weighted by Gasteiger charge is 2.32. The molecule has 0 aliphatic heterocycles. The van der Waals surface area contributed by atoms with E-state index in [9.17, 15) is 4.79 Å². The second kappa shape index (κ2) is 8.17. The Hall–Kier alpha value is -2.99. The average Bonchev–Trinajstić information content (AvgIpc) is 3.06. The van der Waals surface area contributed by atoms with E-state index in [1.165, 1.54) is 5.56 Å². The van der Waals surface area contributed by atoms with Crippen LogP contribution in [0.5, 0.6) is 11.5 Å². The van der Waals surface area contributed by atoms with E-state index in [-0.39, 0.29) is 11.8 Å². The van der Waals surface area contributed by atoms with E-state index in [2.05, 4.69) is 16.7 Å². The monoisotopic (exact) mass is 393 g/mol. The van der Waals surface area contributed by atoms with Crippen LogP contribution in [0.1, 0.15) is 35.6 Å². The van der Waals surface area contributed by atoms with Crippen LogP contribution in [0, 0.1) is 0 Å². The molecule has 0 radical (unpaired) electrons. The van der Waals surface area contributed by atoms with Crippen LogP contribution in [0.25, 0.3) is 10.9 Å². The van der Waals surface area contributed by atoms with E-state index in [1.54, 1.807) is 7.11 Å². The number of carbonyl (C=O) groups is 1. The smallest absolute Gasteiger partial charge is 0.225 e. The van der Waals surface area contributed by atoms with Crippen molar-refractivity contribution in [1.82, 2.24) is 4.57 Å². The topological polar surface area (TPSA) is 92.5 Å². The molecule has 1 aliphatic carbocycles. The maximum Gasteiger partial charge on any atom is 0.225 e. The maximum atomic E-state index is 12.3. The summed E-state index contributed by atoms with van der Waals surface area (Å²) in [7, 11) is 1.64. The Morgan fingerprint density at radius 2 is 2.03 bits per heavy atom. The Labute approximate surface area is 170 Å². The lowest BCUT2D eigenvalue weighted by molar-refractivity contribution is -0.119. The Morgan fingerprint density at radius 3 is 2.72 bits per heavy atom. The molecule has 4 N–H and O–H groups in total. The molecule has 1 amide bonds. The van der Waals surface area contributed by atoms with Gasteiger partial charge in [-0.1, -0.05) is 30.3 Å². The largest absolute Gasteiger partial charge is 0.497 e. The van der Waals surface area contributed by atoms with E-state index >= 15 is 0 Å². The highest BCUT2D eigenvalue weighted by molar-refractivity contribution is 5.98. The van der Waals surface area contributed by atoms with E-state index in [0.717, 1.165) is 41.4 Å². The molecule has 1 aliphatic rings. The van der Waals surface area contributed by atoms with Crippen molar-refractivity contribution in [2.24, 2.45) is 11.5 Å². The van der Waals surface area contributed by atoms with Gasteiger partial charge in [0.25, 0.3) is 0 Å². The summed E-state index contributed by atoms with van der Waals surface area (Å²) in [4.78, 5) is 12.3. The van der Waals surface area contributed by atoms with Gasteiger partial charge in [-0.25, -0.2) is 0 Å². The molecule has 0 bridgehead atoms. The molecular weight excluding hydrogens is 366 g/mol. The summed E-state index contributed by atoms with van der Waals surface area (Å²) in [6.07, 6.45) is 2.59. The van der Waals surface area contributed by atoms with Crippen LogP contribution in [0.2, 0.25) is 0 Å². The van der Waals surface area contributed by atoms with Gasteiger partial charge in [-0.15, -0.1) is 0 Å². The zero-order chi connectivity index (χ0) is 20.4. The number of nitrogens with zero attached hydrogens (tertiary/aromatic N) is 1. The lowest BCUT2D eigenvalue weighted by Crippen LogP contribution is -2.25. The summed E-state index contributed by atoms with van der Waals surface area (Å²) in [5, 5.41) is 0.952. The third-order valence-electron chi connectivity index (χ3n) is 5.64. The Balaban J connectivity index is 1.99. The molecule has 0 saturated carbocycles. The summed E-state index contributed by atoms with van der Waals surface area (Å²) in [5.41, 5.74) is 15.8. The van der Waals surface area contributed by atoms with Crippen molar-refractivity contribution < 1.29 is 14.3 Å². The number of rotatable bonds is 7. The number of hydrogen-bond donors (Lipinski definition) is 2. The molecule has 1 unspecified atom stereocenters. The predicted octanol–water partition coefficient (Wildman–Crippen LogP) is 2.94. The van der Waals surface area contributed by atoms with Crippen molar-refractivity contribution in [3.05, 3.63) is 59.3 Å². The molecule has 4 rings (SSSR count). The van der Waals surface area contributed by atoms with Crippen molar-refractivity contribution in [3.63, 3.8) is 0 Å². The number of fused-ring (bicyclic) bond motifs is 3. The molecule has 0 fully saturated rings. The molecule has 152 valence electrons. The first-order valence-electron chi connectivity index (χ1n) is 10.0. The molecule has 6 heteroatoms. The maximum absolute atomic E-state index is 12.3. The van der Waals surface area contributed by atoms with Crippen molar-refractivity contribution in [2.45, 2.75) is 31.7 Å². The molecule has 1 heterocycles. The fraction of sp³-hybridized carbons (Fsp3) is 0.348. The van der Waals surface area contributed by atoms with Gasteiger partial charge < -0.3 is 25.5 Å². The number of hydrogen-bond acceptors (Lipinski definition) is 4. The van der Waals surface area contributed by atoms with Crippen LogP contribution in [-0.2, 0) is 17.8 Å². The van der Waals surface area contributed by atoms with Gasteiger partial charge in [0.2, 0.25) is 5.91 Å². The van der Waals surface area contributed by atoms with Crippen LogP contribution in [0.15, 0.2) is 42.5 Å². The van der Waals surface area contributed by atoms with Gasteiger partial charge in [-0.3, -0.25) is 4.79 Å². The van der Waals surface area contributed by atoms with Gasteiger partial charge in [0.15, 0.2) is 0 Å². The number of aromatic nitrogens is 1. The fourth-order valence-corrected chi connectivity index (χ4v) is 4.39. The molecule has 1 atom stereocenters. The normalized spacial score (nSPS) is 15.9. The first-order chi connectivity index (χ1) is 14.1. The third kappa shape index (κ3) is 3.56. The second-order valence-corrected chi connectivity index (χ2v) is 7.44. The summed E-state index contributed by atoms with van der Waals surface area (Å²) in [5.74, 6) is 0.808. The minimum Gasteiger partial charge on any atom is -0.497 e. The number of ether oxygens (including phenoxy) is 2. The number of benzene rings is 2. The summed E-state index contributed by atoms with van der Waals surface area (Å²) < 4.78 is 13.8. The molecule has 6 nitrogen and oxygen atoms in total. The molecule has 0 saturated heterocycles. The van der Waals surface area contributed by atoms with Crippen LogP contribution < -0.4 is 20.9 Å². The van der Waals surface area contributed by atoms with Crippen molar-refractivity contribution >= 4 is 16.8 Å². The van der Waals surface area contributed by atoms with Crippen molar-refractivity contribution in [3.8, 4) is 11.5 Å². The van der Waals surface area contributed by atoms with Crippen LogP contribution in [0.3, 0.4) is 0 Å². The zero-order valence-electron chi connectivity index (χ0n) is 16.7. The number of nitrogens with two attached hydrogens (primary N) is 2. The Kier molecular flexibility index (Phi) is 5.45. The number of carbonyl (C=O) groups excluding carboxylic acids is 1. The van der Waals surface area contributed by atoms with E-state index < -0.39 is 0 Å². The van der Waals surface area contributed by atoms with Gasteiger partial charge in [-0.2, -0.15) is 0 Å². The highest BCUT2D eigenvalue weighted by Crippen LogP contribution is 2.45. The first-order valence-corrected chi connectivity index (χ1v) is 10.0. The Bertz CT molecular complexity index is 1030. The van der Waals surface area contributed by atoms with E-state index in [0.29, 0.717) is 31.2 Å². The summed E-state index contributed by atoms with van der Waals surface area (Å²) in [6.45, 7) is 1.51. The number of primary amides is 1. The van der Waals surface area contributed by atoms with Crippen LogP contribution >= 0.6 is 0 Å².